The molecule has 0 radical (unpaired) electrons. The molecule has 2 aromatic carbocycles. The molecule has 0 fully saturated rings. The number of anilines is 1. The first-order valence-electron chi connectivity index (χ1n) is 8.53. The summed E-state index contributed by atoms with van der Waals surface area (Å²) in [6.45, 7) is 1.01. The lowest BCUT2D eigenvalue weighted by molar-refractivity contribution is 0.779. The molecule has 1 aliphatic heterocycles. The highest BCUT2D eigenvalue weighted by molar-refractivity contribution is 14.1. The lowest BCUT2D eigenvalue weighted by atomic mass is 10.0. The smallest absolute Gasteiger partial charge is 0.133 e. The van der Waals surface area contributed by atoms with Crippen molar-refractivity contribution in [1.29, 1.82) is 0 Å². The number of hydrogen-bond donors (Lipinski definition) is 1. The summed E-state index contributed by atoms with van der Waals surface area (Å²) in [7, 11) is 0. The normalized spacial score (nSPS) is 13.8. The van der Waals surface area contributed by atoms with Crippen LogP contribution in [0.15, 0.2) is 53.4 Å². The van der Waals surface area contributed by atoms with Crippen LogP contribution in [0.4, 0.5) is 5.82 Å². The molecule has 0 spiro atoms. The van der Waals surface area contributed by atoms with E-state index in [9.17, 15) is 0 Å². The summed E-state index contributed by atoms with van der Waals surface area (Å²) in [6.07, 6.45) is 5.61. The minimum atomic E-state index is 1.01. The Labute approximate surface area is 166 Å². The summed E-state index contributed by atoms with van der Waals surface area (Å²) >= 11 is 4.12. The van der Waals surface area contributed by atoms with Gasteiger partial charge in [-0.25, -0.2) is 4.68 Å². The molecule has 128 valence electrons. The van der Waals surface area contributed by atoms with Gasteiger partial charge in [-0.1, -0.05) is 18.2 Å². The van der Waals surface area contributed by atoms with E-state index in [0.29, 0.717) is 0 Å². The van der Waals surface area contributed by atoms with Gasteiger partial charge in [0, 0.05) is 26.1 Å². The molecular formula is C20H20IN3S. The second-order valence-corrected chi connectivity index (χ2v) is 8.24. The van der Waals surface area contributed by atoms with E-state index in [1.807, 2.05) is 0 Å². The molecule has 0 unspecified atom stereocenters. The number of aromatic nitrogens is 2. The lowest BCUT2D eigenvalue weighted by Crippen LogP contribution is -2.07. The first-order valence-corrected chi connectivity index (χ1v) is 10.8. The van der Waals surface area contributed by atoms with Crippen LogP contribution < -0.4 is 5.32 Å². The molecule has 0 saturated heterocycles. The molecule has 0 saturated carbocycles. The van der Waals surface area contributed by atoms with Gasteiger partial charge in [0.15, 0.2) is 0 Å². The van der Waals surface area contributed by atoms with Crippen LogP contribution in [0.2, 0.25) is 0 Å². The topological polar surface area (TPSA) is 29.9 Å². The third kappa shape index (κ3) is 3.31. The first-order chi connectivity index (χ1) is 12.3. The Balaban J connectivity index is 1.92. The average Bonchev–Trinajstić information content (AvgIpc) is 2.83. The van der Waals surface area contributed by atoms with Crippen LogP contribution in [0, 0.1) is 3.57 Å². The maximum atomic E-state index is 5.05. The number of fused-ring (bicyclic) bond motifs is 1. The van der Waals surface area contributed by atoms with Crippen LogP contribution in [0.25, 0.3) is 16.9 Å². The van der Waals surface area contributed by atoms with Crippen LogP contribution in [-0.4, -0.2) is 22.6 Å². The van der Waals surface area contributed by atoms with E-state index in [1.165, 1.54) is 32.4 Å². The second kappa shape index (κ2) is 7.41. The van der Waals surface area contributed by atoms with Crippen molar-refractivity contribution in [1.82, 2.24) is 9.78 Å². The minimum Gasteiger partial charge on any atom is -0.370 e. The summed E-state index contributed by atoms with van der Waals surface area (Å²) in [5.41, 5.74) is 4.81. The predicted molar refractivity (Wildman–Crippen MR) is 115 cm³/mol. The molecule has 3 nitrogen and oxygen atoms in total. The van der Waals surface area contributed by atoms with Crippen molar-refractivity contribution >= 4 is 40.2 Å². The molecule has 0 aliphatic carbocycles. The number of nitrogens with one attached hydrogen (secondary N) is 1. The largest absolute Gasteiger partial charge is 0.370 e. The summed E-state index contributed by atoms with van der Waals surface area (Å²) in [4.78, 5) is 1.28. The SMILES string of the molecule is CSc1ccccc1-c1nn(-c2ccc(I)cc2)c2c1CCCCN2. The van der Waals surface area contributed by atoms with Crippen molar-refractivity contribution in [2.24, 2.45) is 0 Å². The second-order valence-electron chi connectivity index (χ2n) is 6.15. The number of thioether (sulfide) groups is 1. The van der Waals surface area contributed by atoms with Crippen LogP contribution in [0.1, 0.15) is 18.4 Å². The van der Waals surface area contributed by atoms with E-state index in [0.717, 1.165) is 30.2 Å². The van der Waals surface area contributed by atoms with Crippen LogP contribution in [-0.2, 0) is 6.42 Å². The van der Waals surface area contributed by atoms with E-state index < -0.39 is 0 Å². The van der Waals surface area contributed by atoms with Gasteiger partial charge >= 0.3 is 0 Å². The van der Waals surface area contributed by atoms with Gasteiger partial charge < -0.3 is 5.32 Å². The highest BCUT2D eigenvalue weighted by Crippen LogP contribution is 2.37. The predicted octanol–water partition coefficient (Wildman–Crippen LogP) is 5.61. The Kier molecular flexibility index (Phi) is 5.03. The Bertz CT molecular complexity index is 886. The van der Waals surface area contributed by atoms with Crippen molar-refractivity contribution in [2.45, 2.75) is 24.2 Å². The molecule has 2 heterocycles. The molecule has 1 aliphatic rings. The maximum absolute atomic E-state index is 5.05. The van der Waals surface area contributed by atoms with Crippen molar-refractivity contribution in [3.63, 3.8) is 0 Å². The number of nitrogens with zero attached hydrogens (tertiary/aromatic N) is 2. The fraction of sp³-hybridized carbons (Fsp3) is 0.250. The monoisotopic (exact) mass is 461 g/mol. The minimum absolute atomic E-state index is 1.01. The van der Waals surface area contributed by atoms with E-state index in [4.69, 9.17) is 5.10 Å². The molecule has 3 aromatic rings. The van der Waals surface area contributed by atoms with Gasteiger partial charge in [-0.2, -0.15) is 5.10 Å². The van der Waals surface area contributed by atoms with E-state index in [-0.39, 0.29) is 0 Å². The van der Waals surface area contributed by atoms with Crippen LogP contribution in [0.5, 0.6) is 0 Å². The van der Waals surface area contributed by atoms with Gasteiger partial charge in [0.25, 0.3) is 0 Å². The average molecular weight is 461 g/mol. The lowest BCUT2D eigenvalue weighted by Gasteiger charge is -2.09. The molecular weight excluding hydrogens is 441 g/mol. The zero-order valence-corrected chi connectivity index (χ0v) is 17.1. The molecule has 1 aromatic heterocycles. The van der Waals surface area contributed by atoms with Gasteiger partial charge in [0.1, 0.15) is 5.82 Å². The van der Waals surface area contributed by atoms with Gasteiger partial charge in [-0.15, -0.1) is 11.8 Å². The molecule has 5 heteroatoms. The standard InChI is InChI=1S/C20H20IN3S/c1-25-18-8-3-2-6-16(18)19-17-7-4-5-13-22-20(17)24(23-19)15-11-9-14(21)10-12-15/h2-3,6,8-12,22H,4-5,7,13H2,1H3. The maximum Gasteiger partial charge on any atom is 0.133 e. The quantitative estimate of drug-likeness (QED) is 0.406. The highest BCUT2D eigenvalue weighted by Gasteiger charge is 2.22. The van der Waals surface area contributed by atoms with Crippen LogP contribution in [0.3, 0.4) is 0 Å². The van der Waals surface area contributed by atoms with Gasteiger partial charge in [-0.3, -0.25) is 0 Å². The summed E-state index contributed by atoms with van der Waals surface area (Å²) in [5.74, 6) is 1.16. The van der Waals surface area contributed by atoms with Crippen molar-refractivity contribution in [3.05, 3.63) is 57.7 Å². The molecule has 4 rings (SSSR count). The van der Waals surface area contributed by atoms with Gasteiger partial charge in [0.05, 0.1) is 11.4 Å². The molecule has 1 N–H and O–H groups in total. The Morgan fingerprint density at radius 3 is 2.68 bits per heavy atom. The summed E-state index contributed by atoms with van der Waals surface area (Å²) in [5, 5.41) is 8.68. The number of rotatable bonds is 3. The summed E-state index contributed by atoms with van der Waals surface area (Å²) < 4.78 is 3.32. The molecule has 25 heavy (non-hydrogen) atoms. The summed E-state index contributed by atoms with van der Waals surface area (Å²) in [6, 6.07) is 17.1. The Morgan fingerprint density at radius 1 is 1.08 bits per heavy atom. The highest BCUT2D eigenvalue weighted by atomic mass is 127. The van der Waals surface area contributed by atoms with E-state index >= 15 is 0 Å². The van der Waals surface area contributed by atoms with Crippen molar-refractivity contribution in [3.8, 4) is 16.9 Å². The number of benzene rings is 2. The van der Waals surface area contributed by atoms with Crippen LogP contribution >= 0.6 is 34.4 Å². The van der Waals surface area contributed by atoms with Gasteiger partial charge in [0.2, 0.25) is 0 Å². The fourth-order valence-electron chi connectivity index (χ4n) is 3.33. The zero-order valence-electron chi connectivity index (χ0n) is 14.1. The van der Waals surface area contributed by atoms with Crippen molar-refractivity contribution in [2.75, 3.05) is 18.1 Å². The molecule has 0 bridgehead atoms. The first kappa shape index (κ1) is 17.0. The molecule has 0 atom stereocenters. The Hall–Kier alpha value is -1.47. The number of halogens is 1. The van der Waals surface area contributed by atoms with E-state index in [1.54, 1.807) is 11.8 Å². The van der Waals surface area contributed by atoms with Gasteiger partial charge in [-0.05, 0) is 78.4 Å². The molecule has 0 amide bonds. The van der Waals surface area contributed by atoms with E-state index in [2.05, 4.69) is 87.4 Å². The third-order valence-corrected chi connectivity index (χ3v) is 6.08. The third-order valence-electron chi connectivity index (χ3n) is 4.56. The van der Waals surface area contributed by atoms with Crippen molar-refractivity contribution < 1.29 is 0 Å². The zero-order chi connectivity index (χ0) is 17.2. The number of hydrogen-bond acceptors (Lipinski definition) is 3. The Morgan fingerprint density at radius 2 is 1.88 bits per heavy atom. The fourth-order valence-corrected chi connectivity index (χ4v) is 4.29.